The van der Waals surface area contributed by atoms with Crippen molar-refractivity contribution in [2.24, 2.45) is 0 Å². The molecule has 0 bridgehead atoms. The standard InChI is InChI=1S/C20H25N2O2/c1-24-19-11-5-4-9-17(19)20-18-10-6-12-21(18)13-14-22(20,15-23)16-7-2-3-8-16/h4-6,9-12,15-16,20H,2-3,7-8,13-14H2,1H3/q+1. The Morgan fingerprint density at radius 3 is 2.71 bits per heavy atom. The maximum Gasteiger partial charge on any atom is 0.302 e. The van der Waals surface area contributed by atoms with Crippen LogP contribution in [0.5, 0.6) is 5.75 Å². The summed E-state index contributed by atoms with van der Waals surface area (Å²) >= 11 is 0. The number of para-hydroxylation sites is 1. The highest BCUT2D eigenvalue weighted by molar-refractivity contribution is 5.46. The molecule has 24 heavy (non-hydrogen) atoms. The number of rotatable bonds is 4. The molecule has 0 spiro atoms. The number of hydrogen-bond donors (Lipinski definition) is 0. The summed E-state index contributed by atoms with van der Waals surface area (Å²) in [5.41, 5.74) is 2.35. The van der Waals surface area contributed by atoms with Crippen molar-refractivity contribution in [3.8, 4) is 5.75 Å². The van der Waals surface area contributed by atoms with Crippen LogP contribution in [0.3, 0.4) is 0 Å². The van der Waals surface area contributed by atoms with Gasteiger partial charge >= 0.3 is 6.41 Å². The summed E-state index contributed by atoms with van der Waals surface area (Å²) in [7, 11) is 1.71. The Balaban J connectivity index is 1.91. The maximum absolute atomic E-state index is 12.5. The fourth-order valence-electron chi connectivity index (χ4n) is 4.82. The minimum atomic E-state index is 0.0190. The molecule has 4 nitrogen and oxygen atoms in total. The molecule has 0 radical (unpaired) electrons. The van der Waals surface area contributed by atoms with Gasteiger partial charge in [0.1, 0.15) is 12.3 Å². The van der Waals surface area contributed by atoms with E-state index in [1.165, 1.54) is 24.9 Å². The first-order chi connectivity index (χ1) is 11.8. The quantitative estimate of drug-likeness (QED) is 0.636. The van der Waals surface area contributed by atoms with E-state index in [1.54, 1.807) is 7.11 Å². The molecule has 2 aliphatic rings. The normalized spacial score (nSPS) is 27.0. The predicted octanol–water partition coefficient (Wildman–Crippen LogP) is 3.52. The molecule has 1 saturated carbocycles. The van der Waals surface area contributed by atoms with Crippen LogP contribution in [0.2, 0.25) is 0 Å². The molecule has 0 N–H and O–H groups in total. The maximum atomic E-state index is 12.5. The molecule has 1 amide bonds. The Kier molecular flexibility index (Phi) is 3.93. The van der Waals surface area contributed by atoms with E-state index in [4.69, 9.17) is 4.74 Å². The average molecular weight is 325 g/mol. The summed E-state index contributed by atoms with van der Waals surface area (Å²) in [6.45, 7) is 1.77. The largest absolute Gasteiger partial charge is 0.496 e. The first kappa shape index (κ1) is 15.5. The van der Waals surface area contributed by atoms with Crippen molar-refractivity contribution in [3.63, 3.8) is 0 Å². The van der Waals surface area contributed by atoms with Crippen LogP contribution in [0.25, 0.3) is 0 Å². The fraction of sp³-hybridized carbons (Fsp3) is 0.450. The van der Waals surface area contributed by atoms with Gasteiger partial charge in [-0.2, -0.15) is 0 Å². The molecule has 1 aromatic carbocycles. The number of ether oxygens (including phenoxy) is 1. The highest BCUT2D eigenvalue weighted by Crippen LogP contribution is 2.45. The minimum absolute atomic E-state index is 0.0190. The number of benzene rings is 1. The molecule has 4 heteroatoms. The number of quaternary nitrogens is 1. The van der Waals surface area contributed by atoms with E-state index in [1.807, 2.05) is 18.2 Å². The topological polar surface area (TPSA) is 31.2 Å². The van der Waals surface area contributed by atoms with E-state index in [0.29, 0.717) is 10.5 Å². The van der Waals surface area contributed by atoms with Crippen molar-refractivity contribution < 1.29 is 14.0 Å². The van der Waals surface area contributed by atoms with Gasteiger partial charge in [0.25, 0.3) is 0 Å². The highest BCUT2D eigenvalue weighted by Gasteiger charge is 2.50. The Labute approximate surface area is 143 Å². The van der Waals surface area contributed by atoms with Crippen LogP contribution >= 0.6 is 0 Å². The van der Waals surface area contributed by atoms with E-state index in [9.17, 15) is 4.79 Å². The van der Waals surface area contributed by atoms with Gasteiger partial charge in [0.2, 0.25) is 0 Å². The molecule has 0 saturated heterocycles. The van der Waals surface area contributed by atoms with Crippen LogP contribution in [-0.4, -0.2) is 35.2 Å². The van der Waals surface area contributed by atoms with Gasteiger partial charge in [0, 0.05) is 6.20 Å². The third kappa shape index (κ3) is 2.20. The van der Waals surface area contributed by atoms with Gasteiger partial charge < -0.3 is 9.30 Å². The van der Waals surface area contributed by atoms with Gasteiger partial charge in [-0.25, -0.2) is 9.28 Å². The number of nitrogens with zero attached hydrogens (tertiary/aromatic N) is 2. The molecule has 2 aromatic rings. The van der Waals surface area contributed by atoms with E-state index in [0.717, 1.165) is 37.2 Å². The first-order valence-electron chi connectivity index (χ1n) is 8.91. The summed E-state index contributed by atoms with van der Waals surface area (Å²) in [5.74, 6) is 0.875. The lowest BCUT2D eigenvalue weighted by atomic mass is 9.93. The second-order valence-corrected chi connectivity index (χ2v) is 7.03. The number of amides is 1. The van der Waals surface area contributed by atoms with E-state index in [-0.39, 0.29) is 6.04 Å². The SMILES string of the molecule is COc1ccccc1C1c2cccn2CC[N+]1(C=O)C1CCCC1. The summed E-state index contributed by atoms with van der Waals surface area (Å²) in [4.78, 5) is 12.5. The van der Waals surface area contributed by atoms with Crippen LogP contribution < -0.4 is 4.74 Å². The summed E-state index contributed by atoms with van der Waals surface area (Å²) in [5, 5.41) is 0. The zero-order chi connectivity index (χ0) is 16.6. The smallest absolute Gasteiger partial charge is 0.302 e. The molecule has 4 rings (SSSR count). The van der Waals surface area contributed by atoms with Crippen LogP contribution in [0, 0.1) is 0 Å². The second-order valence-electron chi connectivity index (χ2n) is 7.03. The number of methoxy groups -OCH3 is 1. The number of aromatic nitrogens is 1. The fourth-order valence-corrected chi connectivity index (χ4v) is 4.82. The van der Waals surface area contributed by atoms with Crippen LogP contribution in [0.4, 0.5) is 0 Å². The summed E-state index contributed by atoms with van der Waals surface area (Å²) < 4.78 is 8.47. The van der Waals surface area contributed by atoms with Gasteiger partial charge in [-0.15, -0.1) is 0 Å². The second kappa shape index (κ2) is 6.10. The first-order valence-corrected chi connectivity index (χ1v) is 8.91. The molecule has 2 heterocycles. The molecule has 2 atom stereocenters. The predicted molar refractivity (Wildman–Crippen MR) is 92.7 cm³/mol. The van der Waals surface area contributed by atoms with Gasteiger partial charge in [-0.05, 0) is 49.9 Å². The average Bonchev–Trinajstić information content (AvgIpc) is 3.32. The van der Waals surface area contributed by atoms with Crippen LogP contribution in [0.15, 0.2) is 42.6 Å². The van der Waals surface area contributed by atoms with Crippen molar-refractivity contribution in [3.05, 3.63) is 53.9 Å². The number of carbonyl (C=O) groups is 1. The van der Waals surface area contributed by atoms with Crippen LogP contribution in [0.1, 0.15) is 43.0 Å². The lowest BCUT2D eigenvalue weighted by molar-refractivity contribution is -0.899. The van der Waals surface area contributed by atoms with E-state index < -0.39 is 0 Å². The van der Waals surface area contributed by atoms with Crippen molar-refractivity contribution in [1.29, 1.82) is 0 Å². The summed E-state index contributed by atoms with van der Waals surface area (Å²) in [6, 6.07) is 12.9. The highest BCUT2D eigenvalue weighted by atomic mass is 16.5. The van der Waals surface area contributed by atoms with Crippen molar-refractivity contribution in [2.45, 2.75) is 44.3 Å². The third-order valence-electron chi connectivity index (χ3n) is 5.99. The van der Waals surface area contributed by atoms with Crippen LogP contribution in [-0.2, 0) is 11.3 Å². The lowest BCUT2D eigenvalue weighted by Crippen LogP contribution is -2.60. The third-order valence-corrected chi connectivity index (χ3v) is 5.99. The molecule has 1 aliphatic carbocycles. The van der Waals surface area contributed by atoms with E-state index in [2.05, 4.69) is 29.0 Å². The zero-order valence-corrected chi connectivity index (χ0v) is 14.2. The zero-order valence-electron chi connectivity index (χ0n) is 14.2. The Morgan fingerprint density at radius 1 is 1.17 bits per heavy atom. The number of carbonyl (C=O) groups excluding carboxylic acids is 1. The number of fused-ring (bicyclic) bond motifs is 1. The molecule has 1 aliphatic heterocycles. The Bertz CT molecular complexity index is 733. The van der Waals surface area contributed by atoms with Gasteiger partial charge in [-0.1, -0.05) is 12.1 Å². The van der Waals surface area contributed by atoms with Gasteiger partial charge in [-0.3, -0.25) is 0 Å². The molecule has 1 aromatic heterocycles. The molecule has 126 valence electrons. The summed E-state index contributed by atoms with van der Waals surface area (Å²) in [6.07, 6.45) is 8.11. The van der Waals surface area contributed by atoms with Gasteiger partial charge in [0.05, 0.1) is 31.0 Å². The number of hydrogen-bond acceptors (Lipinski definition) is 2. The monoisotopic (exact) mass is 325 g/mol. The molecule has 1 fully saturated rings. The van der Waals surface area contributed by atoms with Gasteiger partial charge in [0.15, 0.2) is 6.04 Å². The molecule has 2 unspecified atom stereocenters. The van der Waals surface area contributed by atoms with E-state index >= 15 is 0 Å². The lowest BCUT2D eigenvalue weighted by Gasteiger charge is -2.47. The molecular formula is C20H25N2O2+. The molecular weight excluding hydrogens is 300 g/mol. The van der Waals surface area contributed by atoms with Crippen molar-refractivity contribution in [1.82, 2.24) is 4.57 Å². The Hall–Kier alpha value is -2.07. The Morgan fingerprint density at radius 2 is 1.96 bits per heavy atom. The van der Waals surface area contributed by atoms with Crippen molar-refractivity contribution in [2.75, 3.05) is 13.7 Å². The van der Waals surface area contributed by atoms with Crippen molar-refractivity contribution >= 4 is 6.41 Å². The minimum Gasteiger partial charge on any atom is -0.496 e.